The monoisotopic (exact) mass is 416 g/mol. The highest BCUT2D eigenvalue weighted by Gasteiger charge is 2.19. The zero-order valence-electron chi connectivity index (χ0n) is 16.9. The van der Waals surface area contributed by atoms with E-state index in [4.69, 9.17) is 4.74 Å². The number of carbonyl (C=O) groups excluding carboxylic acids is 3. The Labute approximate surface area is 172 Å². The molecule has 0 saturated carbocycles. The molecule has 0 heterocycles. The quantitative estimate of drug-likeness (QED) is 0.699. The zero-order valence-corrected chi connectivity index (χ0v) is 17.7. The average molecular weight is 416 g/mol. The number of esters is 1. The lowest BCUT2D eigenvalue weighted by atomic mass is 10.1. The summed E-state index contributed by atoms with van der Waals surface area (Å²) in [5.41, 5.74) is 2.76. The minimum atomic E-state index is -1.36. The Hall–Kier alpha value is -3.00. The molecule has 0 radical (unpaired) electrons. The van der Waals surface area contributed by atoms with Crippen LogP contribution in [0, 0.1) is 13.8 Å². The van der Waals surface area contributed by atoms with Gasteiger partial charge in [-0.3, -0.25) is 13.8 Å². The molecule has 2 aromatic rings. The molecule has 8 heteroatoms. The smallest absolute Gasteiger partial charge is 0.339 e. The van der Waals surface area contributed by atoms with Gasteiger partial charge in [0.2, 0.25) is 5.91 Å². The summed E-state index contributed by atoms with van der Waals surface area (Å²) in [6.45, 7) is 3.10. The highest BCUT2D eigenvalue weighted by Crippen LogP contribution is 2.16. The van der Waals surface area contributed by atoms with Crippen LogP contribution in [0.2, 0.25) is 0 Å². The molecular formula is C21H24N2O5S. The molecule has 1 atom stereocenters. The fourth-order valence-corrected chi connectivity index (χ4v) is 3.30. The molecule has 0 spiro atoms. The molecule has 0 saturated heterocycles. The number of nitrogens with zero attached hydrogens (tertiary/aromatic N) is 1. The lowest BCUT2D eigenvalue weighted by Crippen LogP contribution is -2.37. The van der Waals surface area contributed by atoms with E-state index >= 15 is 0 Å². The Bertz CT molecular complexity index is 958. The summed E-state index contributed by atoms with van der Waals surface area (Å²) in [6.07, 6.45) is 1.46. The Morgan fingerprint density at radius 3 is 2.48 bits per heavy atom. The number of ether oxygens (including phenoxy) is 1. The standard InChI is InChI=1S/C21H24N2O5S/c1-14-9-10-15(2)17(11-14)22-19(24)12-23(3)20(25)13-28-21(26)16-7-5-6-8-18(16)29(4)27/h5-11H,12-13H2,1-4H3,(H,22,24)/t29-/m0/s1. The van der Waals surface area contributed by atoms with Gasteiger partial charge in [-0.05, 0) is 43.2 Å². The lowest BCUT2D eigenvalue weighted by molar-refractivity contribution is -0.136. The van der Waals surface area contributed by atoms with Crippen molar-refractivity contribution in [2.45, 2.75) is 18.7 Å². The number of likely N-dealkylation sites (N-methyl/N-ethyl adjacent to an activating group) is 1. The molecule has 29 heavy (non-hydrogen) atoms. The summed E-state index contributed by atoms with van der Waals surface area (Å²) >= 11 is 0. The molecule has 154 valence electrons. The third kappa shape index (κ3) is 6.25. The van der Waals surface area contributed by atoms with Gasteiger partial charge in [-0.2, -0.15) is 0 Å². The van der Waals surface area contributed by atoms with Gasteiger partial charge in [0.05, 0.1) is 27.8 Å². The molecule has 2 aromatic carbocycles. The fraction of sp³-hybridized carbons (Fsp3) is 0.286. The first-order chi connectivity index (χ1) is 13.7. The van der Waals surface area contributed by atoms with E-state index in [1.165, 1.54) is 24.3 Å². The van der Waals surface area contributed by atoms with Gasteiger partial charge in [-0.15, -0.1) is 0 Å². The van der Waals surface area contributed by atoms with Crippen molar-refractivity contribution in [3.63, 3.8) is 0 Å². The predicted molar refractivity (Wildman–Crippen MR) is 111 cm³/mol. The van der Waals surface area contributed by atoms with Crippen LogP contribution in [0.4, 0.5) is 5.69 Å². The summed E-state index contributed by atoms with van der Waals surface area (Å²) in [5.74, 6) is -1.62. The van der Waals surface area contributed by atoms with Gasteiger partial charge in [-0.25, -0.2) is 4.79 Å². The molecule has 1 N–H and O–H groups in total. The van der Waals surface area contributed by atoms with E-state index < -0.39 is 29.3 Å². The number of carbonyl (C=O) groups is 3. The molecule has 0 aliphatic heterocycles. The van der Waals surface area contributed by atoms with Crippen molar-refractivity contribution >= 4 is 34.3 Å². The predicted octanol–water partition coefficient (Wildman–Crippen LogP) is 2.29. The number of hydrogen-bond donors (Lipinski definition) is 1. The molecule has 0 aliphatic rings. The molecule has 0 bridgehead atoms. The Balaban J connectivity index is 1.90. The first-order valence-corrected chi connectivity index (χ1v) is 10.5. The van der Waals surface area contributed by atoms with Crippen LogP contribution in [0.3, 0.4) is 0 Å². The second-order valence-electron chi connectivity index (χ2n) is 6.64. The third-order valence-corrected chi connectivity index (χ3v) is 5.19. The molecule has 0 aliphatic carbocycles. The van der Waals surface area contributed by atoms with Gasteiger partial charge in [0.25, 0.3) is 5.91 Å². The van der Waals surface area contributed by atoms with Crippen molar-refractivity contribution in [3.05, 3.63) is 59.2 Å². The van der Waals surface area contributed by atoms with Crippen molar-refractivity contribution in [3.8, 4) is 0 Å². The fourth-order valence-electron chi connectivity index (χ4n) is 2.57. The van der Waals surface area contributed by atoms with Crippen LogP contribution in [-0.4, -0.2) is 53.3 Å². The Morgan fingerprint density at radius 1 is 1.10 bits per heavy atom. The number of amides is 2. The van der Waals surface area contributed by atoms with Crippen LogP contribution in [0.25, 0.3) is 0 Å². The van der Waals surface area contributed by atoms with Gasteiger partial charge < -0.3 is 15.0 Å². The van der Waals surface area contributed by atoms with E-state index in [9.17, 15) is 18.6 Å². The van der Waals surface area contributed by atoms with Crippen LogP contribution >= 0.6 is 0 Å². The van der Waals surface area contributed by atoms with E-state index in [0.717, 1.165) is 11.1 Å². The van der Waals surface area contributed by atoms with E-state index in [1.54, 1.807) is 18.2 Å². The maximum absolute atomic E-state index is 12.2. The highest BCUT2D eigenvalue weighted by atomic mass is 32.2. The SMILES string of the molecule is Cc1ccc(C)c(NC(=O)CN(C)C(=O)COC(=O)c2ccccc2[S@](C)=O)c1. The first kappa shape index (κ1) is 22.3. The Kier molecular flexibility index (Phi) is 7.67. The molecule has 7 nitrogen and oxygen atoms in total. The van der Waals surface area contributed by atoms with E-state index in [1.807, 2.05) is 32.0 Å². The van der Waals surface area contributed by atoms with Crippen molar-refractivity contribution in [2.24, 2.45) is 0 Å². The summed E-state index contributed by atoms with van der Waals surface area (Å²) in [5, 5.41) is 2.77. The van der Waals surface area contributed by atoms with Crippen molar-refractivity contribution < 1.29 is 23.3 Å². The maximum Gasteiger partial charge on any atom is 0.339 e. The second-order valence-corrected chi connectivity index (χ2v) is 7.99. The largest absolute Gasteiger partial charge is 0.452 e. The molecular weight excluding hydrogens is 392 g/mol. The van der Waals surface area contributed by atoms with Crippen LogP contribution < -0.4 is 5.32 Å². The first-order valence-electron chi connectivity index (χ1n) is 8.89. The third-order valence-electron chi connectivity index (χ3n) is 4.22. The van der Waals surface area contributed by atoms with Gasteiger partial charge in [0, 0.05) is 19.0 Å². The molecule has 0 fully saturated rings. The summed E-state index contributed by atoms with van der Waals surface area (Å²) in [6, 6.07) is 12.1. The van der Waals surface area contributed by atoms with Crippen molar-refractivity contribution in [2.75, 3.05) is 31.8 Å². The van der Waals surface area contributed by atoms with Crippen LogP contribution in [0.15, 0.2) is 47.4 Å². The molecule has 0 aromatic heterocycles. The number of benzene rings is 2. The Morgan fingerprint density at radius 2 is 1.79 bits per heavy atom. The molecule has 0 unspecified atom stereocenters. The van der Waals surface area contributed by atoms with Crippen molar-refractivity contribution in [1.29, 1.82) is 0 Å². The van der Waals surface area contributed by atoms with Crippen LogP contribution in [0.5, 0.6) is 0 Å². The number of rotatable bonds is 7. The minimum absolute atomic E-state index is 0.149. The second kappa shape index (κ2) is 9.97. The lowest BCUT2D eigenvalue weighted by Gasteiger charge is -2.17. The van der Waals surface area contributed by atoms with Gasteiger partial charge in [-0.1, -0.05) is 24.3 Å². The molecule has 2 amide bonds. The van der Waals surface area contributed by atoms with Gasteiger partial charge >= 0.3 is 5.97 Å². The minimum Gasteiger partial charge on any atom is -0.452 e. The maximum atomic E-state index is 12.2. The number of aryl methyl sites for hydroxylation is 2. The highest BCUT2D eigenvalue weighted by molar-refractivity contribution is 7.84. The number of anilines is 1. The number of hydrogen-bond acceptors (Lipinski definition) is 5. The average Bonchev–Trinajstić information content (AvgIpc) is 2.68. The van der Waals surface area contributed by atoms with Gasteiger partial charge in [0.15, 0.2) is 6.61 Å². The molecule has 2 rings (SSSR count). The zero-order chi connectivity index (χ0) is 21.6. The summed E-state index contributed by atoms with van der Waals surface area (Å²) < 4.78 is 16.8. The van der Waals surface area contributed by atoms with Crippen LogP contribution in [0.1, 0.15) is 21.5 Å². The van der Waals surface area contributed by atoms with E-state index in [-0.39, 0.29) is 18.0 Å². The van der Waals surface area contributed by atoms with E-state index in [2.05, 4.69) is 5.32 Å². The number of nitrogens with one attached hydrogen (secondary N) is 1. The van der Waals surface area contributed by atoms with Crippen LogP contribution in [-0.2, 0) is 25.1 Å². The summed E-state index contributed by atoms with van der Waals surface area (Å²) in [4.78, 5) is 38.2. The summed E-state index contributed by atoms with van der Waals surface area (Å²) in [7, 11) is 0.0879. The normalized spacial score (nSPS) is 11.4. The van der Waals surface area contributed by atoms with E-state index in [0.29, 0.717) is 10.6 Å². The topological polar surface area (TPSA) is 92.8 Å². The van der Waals surface area contributed by atoms with Crippen molar-refractivity contribution in [1.82, 2.24) is 4.90 Å². The van der Waals surface area contributed by atoms with Gasteiger partial charge in [0.1, 0.15) is 0 Å².